The van der Waals surface area contributed by atoms with Crippen LogP contribution in [0, 0.1) is 0 Å². The summed E-state index contributed by atoms with van der Waals surface area (Å²) in [5, 5.41) is 8.57. The van der Waals surface area contributed by atoms with Crippen molar-refractivity contribution in [2.75, 3.05) is 19.0 Å². The Bertz CT molecular complexity index is 789. The van der Waals surface area contributed by atoms with Gasteiger partial charge in [-0.15, -0.1) is 0 Å². The van der Waals surface area contributed by atoms with E-state index in [1.165, 1.54) is 13.3 Å². The van der Waals surface area contributed by atoms with Crippen LogP contribution >= 0.6 is 0 Å². The van der Waals surface area contributed by atoms with E-state index in [0.29, 0.717) is 17.0 Å². The number of amides is 3. The zero-order valence-corrected chi connectivity index (χ0v) is 14.1. The van der Waals surface area contributed by atoms with Crippen molar-refractivity contribution in [2.45, 2.75) is 0 Å². The van der Waals surface area contributed by atoms with Crippen molar-refractivity contribution in [3.8, 4) is 5.75 Å². The van der Waals surface area contributed by atoms with Gasteiger partial charge in [0.05, 0.1) is 6.21 Å². The molecule has 26 heavy (non-hydrogen) atoms. The largest absolute Gasteiger partial charge is 0.484 e. The molecule has 0 atom stereocenters. The molecule has 0 aliphatic rings. The molecule has 0 heterocycles. The molecule has 0 spiro atoms. The van der Waals surface area contributed by atoms with Crippen molar-refractivity contribution >= 4 is 29.6 Å². The summed E-state index contributed by atoms with van der Waals surface area (Å²) in [7, 11) is 1.35. The highest BCUT2D eigenvalue weighted by molar-refractivity contribution is 6.34. The highest BCUT2D eigenvalue weighted by Crippen LogP contribution is 2.11. The van der Waals surface area contributed by atoms with Crippen LogP contribution in [-0.4, -0.2) is 37.6 Å². The SMILES string of the molecule is CNC(=O)C(=O)N/N=C\c1ccc(OCC(=O)Nc2ccccc2)cc1. The van der Waals surface area contributed by atoms with Gasteiger partial charge >= 0.3 is 11.8 Å². The number of likely N-dealkylation sites (N-methyl/N-ethyl adjacent to an activating group) is 1. The third-order valence-corrected chi connectivity index (χ3v) is 3.12. The minimum Gasteiger partial charge on any atom is -0.484 e. The first-order valence-corrected chi connectivity index (χ1v) is 7.71. The standard InChI is InChI=1S/C18H18N4O4/c1-19-17(24)18(25)22-20-11-13-7-9-15(10-8-13)26-12-16(23)21-14-5-3-2-4-6-14/h2-11H,12H2,1H3,(H,19,24)(H,21,23)(H,22,25)/b20-11-. The summed E-state index contributed by atoms with van der Waals surface area (Å²) in [5.74, 6) is -1.38. The smallest absolute Gasteiger partial charge is 0.329 e. The quantitative estimate of drug-likeness (QED) is 0.407. The maximum atomic E-state index is 11.8. The molecule has 3 N–H and O–H groups in total. The molecule has 2 aromatic carbocycles. The van der Waals surface area contributed by atoms with Gasteiger partial charge in [0.2, 0.25) is 0 Å². The first-order valence-electron chi connectivity index (χ1n) is 7.71. The second-order valence-electron chi connectivity index (χ2n) is 5.05. The number of anilines is 1. The zero-order valence-electron chi connectivity index (χ0n) is 14.1. The van der Waals surface area contributed by atoms with Crippen LogP contribution in [0.3, 0.4) is 0 Å². The summed E-state index contributed by atoms with van der Waals surface area (Å²) in [5.41, 5.74) is 3.48. The highest BCUT2D eigenvalue weighted by Gasteiger charge is 2.08. The molecule has 2 aromatic rings. The second kappa shape index (κ2) is 9.58. The summed E-state index contributed by atoms with van der Waals surface area (Å²) in [6, 6.07) is 15.8. The van der Waals surface area contributed by atoms with E-state index < -0.39 is 11.8 Å². The number of hydrogen-bond donors (Lipinski definition) is 3. The fraction of sp³-hybridized carbons (Fsp3) is 0.111. The van der Waals surface area contributed by atoms with Crippen LogP contribution in [0.5, 0.6) is 5.75 Å². The number of carbonyl (C=O) groups is 3. The van der Waals surface area contributed by atoms with E-state index in [1.807, 2.05) is 18.2 Å². The monoisotopic (exact) mass is 354 g/mol. The molecule has 0 saturated carbocycles. The molecule has 0 aliphatic carbocycles. The van der Waals surface area contributed by atoms with Crippen molar-refractivity contribution in [1.82, 2.24) is 10.7 Å². The summed E-state index contributed by atoms with van der Waals surface area (Å²) in [4.78, 5) is 34.0. The fourth-order valence-electron chi connectivity index (χ4n) is 1.85. The average molecular weight is 354 g/mol. The van der Waals surface area contributed by atoms with Crippen LogP contribution in [0.15, 0.2) is 59.7 Å². The van der Waals surface area contributed by atoms with E-state index in [9.17, 15) is 14.4 Å². The summed E-state index contributed by atoms with van der Waals surface area (Å²) in [6.45, 7) is -0.121. The van der Waals surface area contributed by atoms with Crippen LogP contribution in [0.2, 0.25) is 0 Å². The number of ether oxygens (including phenoxy) is 1. The Kier molecular flexibility index (Phi) is 6.87. The molecule has 0 aromatic heterocycles. The maximum absolute atomic E-state index is 11.8. The van der Waals surface area contributed by atoms with Crippen molar-refractivity contribution in [2.24, 2.45) is 5.10 Å². The lowest BCUT2D eigenvalue weighted by Crippen LogP contribution is -2.35. The molecule has 8 nitrogen and oxygen atoms in total. The number of nitrogens with one attached hydrogen (secondary N) is 3. The molecule has 0 unspecified atom stereocenters. The minimum atomic E-state index is -0.854. The molecule has 0 radical (unpaired) electrons. The lowest BCUT2D eigenvalue weighted by molar-refractivity contribution is -0.138. The van der Waals surface area contributed by atoms with Gasteiger partial charge in [-0.05, 0) is 42.0 Å². The van der Waals surface area contributed by atoms with Gasteiger partial charge < -0.3 is 15.4 Å². The van der Waals surface area contributed by atoms with Crippen LogP contribution < -0.4 is 20.8 Å². The first-order chi connectivity index (χ1) is 12.6. The van der Waals surface area contributed by atoms with E-state index >= 15 is 0 Å². The summed E-state index contributed by atoms with van der Waals surface area (Å²) >= 11 is 0. The topological polar surface area (TPSA) is 109 Å². The van der Waals surface area contributed by atoms with Crippen LogP contribution in [0.25, 0.3) is 0 Å². The third-order valence-electron chi connectivity index (χ3n) is 3.12. The molecule has 134 valence electrons. The number of hydrazone groups is 1. The van der Waals surface area contributed by atoms with Crippen molar-refractivity contribution in [1.29, 1.82) is 0 Å². The van der Waals surface area contributed by atoms with Gasteiger partial charge in [0.25, 0.3) is 5.91 Å². The molecular weight excluding hydrogens is 336 g/mol. The molecule has 0 fully saturated rings. The summed E-state index contributed by atoms with van der Waals surface area (Å²) in [6.07, 6.45) is 1.38. The van der Waals surface area contributed by atoms with Crippen LogP contribution in [0.1, 0.15) is 5.56 Å². The average Bonchev–Trinajstić information content (AvgIpc) is 2.67. The van der Waals surface area contributed by atoms with E-state index in [4.69, 9.17) is 4.74 Å². The Morgan fingerprint density at radius 3 is 2.35 bits per heavy atom. The van der Waals surface area contributed by atoms with Gasteiger partial charge in [-0.3, -0.25) is 14.4 Å². The maximum Gasteiger partial charge on any atom is 0.329 e. The Labute approximate surface area is 150 Å². The van der Waals surface area contributed by atoms with Gasteiger partial charge in [0.1, 0.15) is 5.75 Å². The van der Waals surface area contributed by atoms with Crippen molar-refractivity contribution < 1.29 is 19.1 Å². The van der Waals surface area contributed by atoms with E-state index in [2.05, 4.69) is 21.2 Å². The van der Waals surface area contributed by atoms with E-state index in [0.717, 1.165) is 0 Å². The Morgan fingerprint density at radius 1 is 1.00 bits per heavy atom. The van der Waals surface area contributed by atoms with Gasteiger partial charge in [0, 0.05) is 12.7 Å². The highest BCUT2D eigenvalue weighted by atomic mass is 16.5. The zero-order chi connectivity index (χ0) is 18.8. The molecule has 3 amide bonds. The predicted molar refractivity (Wildman–Crippen MR) is 96.8 cm³/mol. The molecule has 0 saturated heterocycles. The normalized spacial score (nSPS) is 10.2. The first kappa shape index (κ1) is 18.7. The number of benzene rings is 2. The number of rotatable bonds is 6. The lowest BCUT2D eigenvalue weighted by Gasteiger charge is -2.07. The Balaban J connectivity index is 1.79. The number of nitrogens with zero attached hydrogens (tertiary/aromatic N) is 1. The lowest BCUT2D eigenvalue weighted by atomic mass is 10.2. The fourth-order valence-corrected chi connectivity index (χ4v) is 1.85. The van der Waals surface area contributed by atoms with E-state index in [1.54, 1.807) is 36.4 Å². The molecule has 0 aliphatic heterocycles. The number of hydrogen-bond acceptors (Lipinski definition) is 5. The molecule has 2 rings (SSSR count). The van der Waals surface area contributed by atoms with Crippen LogP contribution in [-0.2, 0) is 14.4 Å². The van der Waals surface area contributed by atoms with Gasteiger partial charge in [-0.25, -0.2) is 5.43 Å². The Hall–Kier alpha value is -3.68. The third kappa shape index (κ3) is 6.08. The van der Waals surface area contributed by atoms with Crippen molar-refractivity contribution in [3.63, 3.8) is 0 Å². The minimum absolute atomic E-state index is 0.121. The van der Waals surface area contributed by atoms with Gasteiger partial charge in [0.15, 0.2) is 6.61 Å². The second-order valence-corrected chi connectivity index (χ2v) is 5.05. The van der Waals surface area contributed by atoms with Gasteiger partial charge in [-0.2, -0.15) is 5.10 Å². The van der Waals surface area contributed by atoms with Gasteiger partial charge in [-0.1, -0.05) is 18.2 Å². The van der Waals surface area contributed by atoms with Crippen LogP contribution in [0.4, 0.5) is 5.69 Å². The number of carbonyl (C=O) groups excluding carboxylic acids is 3. The summed E-state index contributed by atoms with van der Waals surface area (Å²) < 4.78 is 5.40. The van der Waals surface area contributed by atoms with E-state index in [-0.39, 0.29) is 12.5 Å². The molecule has 8 heteroatoms. The number of para-hydroxylation sites is 1. The molecular formula is C18H18N4O4. The predicted octanol–water partition coefficient (Wildman–Crippen LogP) is 0.900. The molecule has 0 bridgehead atoms. The van der Waals surface area contributed by atoms with Crippen molar-refractivity contribution in [3.05, 3.63) is 60.2 Å². The Morgan fingerprint density at radius 2 is 1.69 bits per heavy atom.